The highest BCUT2D eigenvalue weighted by Crippen LogP contribution is 2.19. The number of hydrogen-bond donors (Lipinski definition) is 2. The molecule has 1 heterocycles. The predicted octanol–water partition coefficient (Wildman–Crippen LogP) is 3.29. The second kappa shape index (κ2) is 7.68. The SMILES string of the molecule is O=C(Nc1ccc(CNS(=O)(=O)c2c(F)cccc2F)cc1)c1ccco1. The highest BCUT2D eigenvalue weighted by Gasteiger charge is 2.23. The smallest absolute Gasteiger partial charge is 0.291 e. The van der Waals surface area contributed by atoms with Gasteiger partial charge in [0.05, 0.1) is 6.26 Å². The number of benzene rings is 2. The molecule has 3 rings (SSSR count). The number of amides is 1. The minimum Gasteiger partial charge on any atom is -0.459 e. The Bertz CT molecular complexity index is 1030. The van der Waals surface area contributed by atoms with E-state index < -0.39 is 32.5 Å². The standard InChI is InChI=1S/C18H14F2N2O4S/c19-14-3-1-4-15(20)17(14)27(24,25)21-11-12-6-8-13(9-7-12)22-18(23)16-5-2-10-26-16/h1-10,21H,11H2,(H,22,23). The van der Waals surface area contributed by atoms with Crippen LogP contribution in [-0.4, -0.2) is 14.3 Å². The van der Waals surface area contributed by atoms with Crippen molar-refractivity contribution in [1.29, 1.82) is 0 Å². The van der Waals surface area contributed by atoms with E-state index in [9.17, 15) is 22.0 Å². The monoisotopic (exact) mass is 392 g/mol. The number of anilines is 1. The fourth-order valence-corrected chi connectivity index (χ4v) is 3.45. The molecule has 0 aliphatic carbocycles. The molecule has 1 aromatic heterocycles. The van der Waals surface area contributed by atoms with Crippen molar-refractivity contribution < 1.29 is 26.4 Å². The van der Waals surface area contributed by atoms with Crippen molar-refractivity contribution in [2.75, 3.05) is 5.32 Å². The van der Waals surface area contributed by atoms with E-state index in [-0.39, 0.29) is 12.3 Å². The van der Waals surface area contributed by atoms with Crippen LogP contribution in [0.4, 0.5) is 14.5 Å². The highest BCUT2D eigenvalue weighted by atomic mass is 32.2. The van der Waals surface area contributed by atoms with Crippen LogP contribution in [0.3, 0.4) is 0 Å². The second-order valence-electron chi connectivity index (χ2n) is 5.50. The molecule has 0 bridgehead atoms. The summed E-state index contributed by atoms with van der Waals surface area (Å²) in [7, 11) is -4.36. The lowest BCUT2D eigenvalue weighted by molar-refractivity contribution is 0.0996. The first-order chi connectivity index (χ1) is 12.9. The zero-order valence-corrected chi connectivity index (χ0v) is 14.6. The molecule has 1 amide bonds. The van der Waals surface area contributed by atoms with E-state index in [0.717, 1.165) is 18.2 Å². The van der Waals surface area contributed by atoms with Gasteiger partial charge < -0.3 is 9.73 Å². The molecule has 2 N–H and O–H groups in total. The van der Waals surface area contributed by atoms with Gasteiger partial charge in [-0.1, -0.05) is 18.2 Å². The predicted molar refractivity (Wildman–Crippen MR) is 93.5 cm³/mol. The van der Waals surface area contributed by atoms with Gasteiger partial charge in [-0.15, -0.1) is 0 Å². The molecule has 2 aromatic carbocycles. The van der Waals surface area contributed by atoms with Crippen LogP contribution in [-0.2, 0) is 16.6 Å². The molecule has 9 heteroatoms. The number of sulfonamides is 1. The number of furan rings is 1. The third-order valence-electron chi connectivity index (χ3n) is 3.61. The summed E-state index contributed by atoms with van der Waals surface area (Å²) in [6.07, 6.45) is 1.38. The van der Waals surface area contributed by atoms with E-state index >= 15 is 0 Å². The molecular weight excluding hydrogens is 378 g/mol. The lowest BCUT2D eigenvalue weighted by atomic mass is 10.2. The molecule has 0 saturated heterocycles. The fraction of sp³-hybridized carbons (Fsp3) is 0.0556. The summed E-state index contributed by atoms with van der Waals surface area (Å²) in [6.45, 7) is -0.178. The van der Waals surface area contributed by atoms with Crippen molar-refractivity contribution in [2.45, 2.75) is 11.4 Å². The Labute approximate surface area is 153 Å². The van der Waals surface area contributed by atoms with Gasteiger partial charge in [0.1, 0.15) is 11.6 Å². The molecule has 0 fully saturated rings. The molecule has 0 aliphatic rings. The largest absolute Gasteiger partial charge is 0.459 e. The molecule has 27 heavy (non-hydrogen) atoms. The van der Waals surface area contributed by atoms with E-state index in [2.05, 4.69) is 10.0 Å². The zero-order chi connectivity index (χ0) is 19.4. The minimum atomic E-state index is -4.36. The Morgan fingerprint density at radius 3 is 2.22 bits per heavy atom. The summed E-state index contributed by atoms with van der Waals surface area (Å²) < 4.78 is 58.7. The van der Waals surface area contributed by atoms with Gasteiger partial charge in [-0.05, 0) is 42.0 Å². The molecule has 3 aromatic rings. The van der Waals surface area contributed by atoms with E-state index in [0.29, 0.717) is 11.3 Å². The van der Waals surface area contributed by atoms with E-state index in [1.54, 1.807) is 30.3 Å². The Morgan fingerprint density at radius 2 is 1.63 bits per heavy atom. The van der Waals surface area contributed by atoms with Crippen LogP contribution in [0.25, 0.3) is 0 Å². The number of carbonyl (C=O) groups is 1. The van der Waals surface area contributed by atoms with Crippen molar-refractivity contribution in [2.24, 2.45) is 0 Å². The van der Waals surface area contributed by atoms with Gasteiger partial charge in [-0.25, -0.2) is 21.9 Å². The van der Waals surface area contributed by atoms with Crippen LogP contribution in [0.15, 0.2) is 70.2 Å². The maximum absolute atomic E-state index is 13.7. The van der Waals surface area contributed by atoms with Crippen molar-refractivity contribution in [3.63, 3.8) is 0 Å². The summed E-state index contributed by atoms with van der Waals surface area (Å²) in [4.78, 5) is 10.8. The number of rotatable bonds is 6. The number of carbonyl (C=O) groups excluding carboxylic acids is 1. The van der Waals surface area contributed by atoms with Crippen LogP contribution < -0.4 is 10.0 Å². The van der Waals surface area contributed by atoms with Gasteiger partial charge in [0.15, 0.2) is 10.7 Å². The van der Waals surface area contributed by atoms with Crippen molar-refractivity contribution in [3.05, 3.63) is 83.8 Å². The molecule has 140 valence electrons. The van der Waals surface area contributed by atoms with Crippen LogP contribution in [0, 0.1) is 11.6 Å². The minimum absolute atomic E-state index is 0.152. The molecule has 0 atom stereocenters. The summed E-state index contributed by atoms with van der Waals surface area (Å²) in [5.74, 6) is -2.61. The Hall–Kier alpha value is -3.04. The molecule has 0 unspecified atom stereocenters. The molecule has 0 saturated carbocycles. The normalized spacial score (nSPS) is 11.3. The fourth-order valence-electron chi connectivity index (χ4n) is 2.30. The van der Waals surface area contributed by atoms with Crippen molar-refractivity contribution in [1.82, 2.24) is 4.72 Å². The summed E-state index contributed by atoms with van der Waals surface area (Å²) in [5, 5.41) is 2.61. The third-order valence-corrected chi connectivity index (χ3v) is 5.06. The topological polar surface area (TPSA) is 88.4 Å². The average molecular weight is 392 g/mol. The first kappa shape index (κ1) is 18.7. The van der Waals surface area contributed by atoms with Crippen molar-refractivity contribution >= 4 is 21.6 Å². The van der Waals surface area contributed by atoms with Gasteiger partial charge in [0.25, 0.3) is 5.91 Å². The molecule has 0 radical (unpaired) electrons. The summed E-state index contributed by atoms with van der Waals surface area (Å²) in [5.41, 5.74) is 1.01. The van der Waals surface area contributed by atoms with Gasteiger partial charge in [-0.2, -0.15) is 0 Å². The van der Waals surface area contributed by atoms with Gasteiger partial charge in [-0.3, -0.25) is 4.79 Å². The summed E-state index contributed by atoms with van der Waals surface area (Å²) >= 11 is 0. The number of hydrogen-bond acceptors (Lipinski definition) is 4. The maximum atomic E-state index is 13.7. The quantitative estimate of drug-likeness (QED) is 0.674. The number of nitrogens with one attached hydrogen (secondary N) is 2. The Kier molecular flexibility index (Phi) is 5.33. The van der Waals surface area contributed by atoms with Gasteiger partial charge in [0.2, 0.25) is 10.0 Å². The third kappa shape index (κ3) is 4.39. The maximum Gasteiger partial charge on any atom is 0.291 e. The molecular formula is C18H14F2N2O4S. The number of halogens is 2. The molecule has 0 spiro atoms. The van der Waals surface area contributed by atoms with Gasteiger partial charge >= 0.3 is 0 Å². The molecule has 6 nitrogen and oxygen atoms in total. The second-order valence-corrected chi connectivity index (χ2v) is 7.21. The van der Waals surface area contributed by atoms with E-state index in [1.807, 2.05) is 0 Å². The first-order valence-electron chi connectivity index (χ1n) is 7.74. The summed E-state index contributed by atoms with van der Waals surface area (Å²) in [6, 6.07) is 12.2. The van der Waals surface area contributed by atoms with Gasteiger partial charge in [0, 0.05) is 12.2 Å². The van der Waals surface area contributed by atoms with Crippen LogP contribution in [0.5, 0.6) is 0 Å². The van der Waals surface area contributed by atoms with Crippen LogP contribution >= 0.6 is 0 Å². The lowest BCUT2D eigenvalue weighted by Gasteiger charge is -2.09. The Morgan fingerprint density at radius 1 is 0.963 bits per heavy atom. The molecule has 0 aliphatic heterocycles. The van der Waals surface area contributed by atoms with Crippen LogP contribution in [0.2, 0.25) is 0 Å². The van der Waals surface area contributed by atoms with E-state index in [4.69, 9.17) is 4.42 Å². The average Bonchev–Trinajstić information content (AvgIpc) is 3.16. The first-order valence-corrected chi connectivity index (χ1v) is 9.22. The Balaban J connectivity index is 1.66. The van der Waals surface area contributed by atoms with Crippen LogP contribution in [0.1, 0.15) is 16.1 Å². The van der Waals surface area contributed by atoms with E-state index in [1.165, 1.54) is 12.3 Å². The zero-order valence-electron chi connectivity index (χ0n) is 13.8. The highest BCUT2D eigenvalue weighted by molar-refractivity contribution is 7.89. The van der Waals surface area contributed by atoms with Crippen molar-refractivity contribution in [3.8, 4) is 0 Å². The lowest BCUT2D eigenvalue weighted by Crippen LogP contribution is -2.25.